The van der Waals surface area contributed by atoms with Crippen LogP contribution in [0.5, 0.6) is 0 Å². The number of carbonyl (C=O) groups is 1. The third kappa shape index (κ3) is 3.50. The van der Waals surface area contributed by atoms with E-state index in [1.54, 1.807) is 6.07 Å². The standard InChI is InChI=1S/C16H16INO2/c1-11-9-13(17)7-8-15(11)18-10-12-5-3-4-6-14(12)16(19)20-2/h3-9,18H,10H2,1-2H3. The molecule has 104 valence electrons. The average Bonchev–Trinajstić information content (AvgIpc) is 2.46. The zero-order valence-corrected chi connectivity index (χ0v) is 13.6. The molecule has 3 nitrogen and oxygen atoms in total. The molecule has 0 aromatic heterocycles. The highest BCUT2D eigenvalue weighted by molar-refractivity contribution is 14.1. The van der Waals surface area contributed by atoms with Crippen LogP contribution in [0.3, 0.4) is 0 Å². The Kier molecular flexibility index (Phi) is 5.00. The van der Waals surface area contributed by atoms with Gasteiger partial charge in [0.2, 0.25) is 0 Å². The van der Waals surface area contributed by atoms with Gasteiger partial charge in [-0.2, -0.15) is 0 Å². The van der Waals surface area contributed by atoms with E-state index in [2.05, 4.69) is 53.0 Å². The fraction of sp³-hybridized carbons (Fsp3) is 0.188. The highest BCUT2D eigenvalue weighted by Gasteiger charge is 2.10. The van der Waals surface area contributed by atoms with Crippen LogP contribution in [0.25, 0.3) is 0 Å². The summed E-state index contributed by atoms with van der Waals surface area (Å²) in [4.78, 5) is 11.7. The number of halogens is 1. The number of aryl methyl sites for hydroxylation is 1. The van der Waals surface area contributed by atoms with E-state index in [4.69, 9.17) is 4.74 Å². The Bertz CT molecular complexity index is 626. The lowest BCUT2D eigenvalue weighted by molar-refractivity contribution is 0.0599. The lowest BCUT2D eigenvalue weighted by Gasteiger charge is -2.12. The van der Waals surface area contributed by atoms with Gasteiger partial charge in [-0.1, -0.05) is 18.2 Å². The fourth-order valence-corrected chi connectivity index (χ4v) is 2.65. The molecule has 0 aliphatic heterocycles. The molecule has 4 heteroatoms. The molecular formula is C16H16INO2. The van der Waals surface area contributed by atoms with E-state index >= 15 is 0 Å². The first kappa shape index (κ1) is 14.8. The van der Waals surface area contributed by atoms with Gasteiger partial charge in [-0.05, 0) is 64.9 Å². The van der Waals surface area contributed by atoms with Crippen molar-refractivity contribution in [2.24, 2.45) is 0 Å². The monoisotopic (exact) mass is 381 g/mol. The zero-order chi connectivity index (χ0) is 14.5. The quantitative estimate of drug-likeness (QED) is 0.643. The number of rotatable bonds is 4. The average molecular weight is 381 g/mol. The van der Waals surface area contributed by atoms with Crippen molar-refractivity contribution in [1.82, 2.24) is 0 Å². The van der Waals surface area contributed by atoms with Gasteiger partial charge in [-0.25, -0.2) is 4.79 Å². The lowest BCUT2D eigenvalue weighted by atomic mass is 10.1. The maximum Gasteiger partial charge on any atom is 0.338 e. The second-order valence-corrected chi connectivity index (χ2v) is 5.71. The Morgan fingerprint density at radius 3 is 2.70 bits per heavy atom. The topological polar surface area (TPSA) is 38.3 Å². The Hall–Kier alpha value is -1.56. The summed E-state index contributed by atoms with van der Waals surface area (Å²) in [5, 5.41) is 3.36. The van der Waals surface area contributed by atoms with E-state index in [1.165, 1.54) is 16.2 Å². The molecule has 0 saturated carbocycles. The highest BCUT2D eigenvalue weighted by Crippen LogP contribution is 2.19. The third-order valence-electron chi connectivity index (χ3n) is 3.08. The van der Waals surface area contributed by atoms with Gasteiger partial charge in [0, 0.05) is 15.8 Å². The highest BCUT2D eigenvalue weighted by atomic mass is 127. The normalized spacial score (nSPS) is 10.2. The van der Waals surface area contributed by atoms with Gasteiger partial charge in [-0.3, -0.25) is 0 Å². The van der Waals surface area contributed by atoms with Crippen molar-refractivity contribution in [3.8, 4) is 0 Å². The van der Waals surface area contributed by atoms with E-state index < -0.39 is 0 Å². The molecule has 0 amide bonds. The molecule has 0 bridgehead atoms. The van der Waals surface area contributed by atoms with Gasteiger partial charge in [0.25, 0.3) is 0 Å². The number of methoxy groups -OCH3 is 1. The number of hydrogen-bond acceptors (Lipinski definition) is 3. The van der Waals surface area contributed by atoms with Crippen molar-refractivity contribution >= 4 is 34.2 Å². The molecule has 1 N–H and O–H groups in total. The molecule has 2 rings (SSSR count). The van der Waals surface area contributed by atoms with Crippen LogP contribution in [0, 0.1) is 10.5 Å². The minimum atomic E-state index is -0.304. The molecule has 0 unspecified atom stereocenters. The van der Waals surface area contributed by atoms with Crippen molar-refractivity contribution < 1.29 is 9.53 Å². The third-order valence-corrected chi connectivity index (χ3v) is 3.75. The van der Waals surface area contributed by atoms with Crippen molar-refractivity contribution in [3.05, 3.63) is 62.7 Å². The van der Waals surface area contributed by atoms with Crippen LogP contribution >= 0.6 is 22.6 Å². The van der Waals surface area contributed by atoms with E-state index in [-0.39, 0.29) is 5.97 Å². The molecule has 2 aromatic carbocycles. The summed E-state index contributed by atoms with van der Waals surface area (Å²) in [5.74, 6) is -0.304. The number of esters is 1. The van der Waals surface area contributed by atoms with Gasteiger partial charge in [-0.15, -0.1) is 0 Å². The summed E-state index contributed by atoms with van der Waals surface area (Å²) in [6, 6.07) is 13.7. The summed E-state index contributed by atoms with van der Waals surface area (Å²) in [6.45, 7) is 2.66. The summed E-state index contributed by atoms with van der Waals surface area (Å²) >= 11 is 2.29. The van der Waals surface area contributed by atoms with Crippen LogP contribution in [0.2, 0.25) is 0 Å². The molecule has 0 aliphatic rings. The van der Waals surface area contributed by atoms with Crippen LogP contribution < -0.4 is 5.32 Å². The summed E-state index contributed by atoms with van der Waals surface area (Å²) in [5.41, 5.74) is 3.79. The number of anilines is 1. The first-order valence-electron chi connectivity index (χ1n) is 6.28. The summed E-state index contributed by atoms with van der Waals surface area (Å²) in [7, 11) is 1.40. The number of ether oxygens (including phenoxy) is 1. The van der Waals surface area contributed by atoms with Crippen LogP contribution in [-0.4, -0.2) is 13.1 Å². The minimum absolute atomic E-state index is 0.304. The SMILES string of the molecule is COC(=O)c1ccccc1CNc1ccc(I)cc1C. The Labute approximate surface area is 132 Å². The Morgan fingerprint density at radius 2 is 2.00 bits per heavy atom. The van der Waals surface area contributed by atoms with E-state index in [1.807, 2.05) is 18.2 Å². The molecule has 20 heavy (non-hydrogen) atoms. The second kappa shape index (κ2) is 6.74. The van der Waals surface area contributed by atoms with Gasteiger partial charge >= 0.3 is 5.97 Å². The first-order valence-corrected chi connectivity index (χ1v) is 7.36. The van der Waals surface area contributed by atoms with Crippen molar-refractivity contribution in [1.29, 1.82) is 0 Å². The molecule has 2 aromatic rings. The number of carbonyl (C=O) groups excluding carboxylic acids is 1. The smallest absolute Gasteiger partial charge is 0.338 e. The predicted octanol–water partition coefficient (Wildman–Crippen LogP) is 4.00. The maximum atomic E-state index is 11.7. The van der Waals surface area contributed by atoms with Gasteiger partial charge in [0.15, 0.2) is 0 Å². The molecule has 0 aliphatic carbocycles. The van der Waals surface area contributed by atoms with Crippen molar-refractivity contribution in [2.45, 2.75) is 13.5 Å². The Morgan fingerprint density at radius 1 is 1.25 bits per heavy atom. The predicted molar refractivity (Wildman–Crippen MR) is 89.0 cm³/mol. The molecule has 0 heterocycles. The zero-order valence-electron chi connectivity index (χ0n) is 11.4. The Balaban J connectivity index is 2.17. The molecule has 0 radical (unpaired) electrons. The molecule has 0 saturated heterocycles. The van der Waals surface area contributed by atoms with Crippen LogP contribution in [0.4, 0.5) is 5.69 Å². The first-order chi connectivity index (χ1) is 9.61. The van der Waals surface area contributed by atoms with Gasteiger partial charge in [0.1, 0.15) is 0 Å². The molecule has 0 spiro atoms. The maximum absolute atomic E-state index is 11.7. The van der Waals surface area contributed by atoms with E-state index in [0.717, 1.165) is 11.3 Å². The van der Waals surface area contributed by atoms with Gasteiger partial charge in [0.05, 0.1) is 12.7 Å². The largest absolute Gasteiger partial charge is 0.465 e. The molecule has 0 atom stereocenters. The molecular weight excluding hydrogens is 365 g/mol. The lowest BCUT2D eigenvalue weighted by Crippen LogP contribution is -2.09. The van der Waals surface area contributed by atoms with Crippen LogP contribution in [0.1, 0.15) is 21.5 Å². The van der Waals surface area contributed by atoms with Crippen LogP contribution in [0.15, 0.2) is 42.5 Å². The summed E-state index contributed by atoms with van der Waals surface area (Å²) < 4.78 is 6.01. The van der Waals surface area contributed by atoms with Crippen molar-refractivity contribution in [2.75, 3.05) is 12.4 Å². The minimum Gasteiger partial charge on any atom is -0.465 e. The number of benzene rings is 2. The van der Waals surface area contributed by atoms with E-state index in [9.17, 15) is 4.79 Å². The molecule has 0 fully saturated rings. The number of hydrogen-bond donors (Lipinski definition) is 1. The van der Waals surface area contributed by atoms with E-state index in [0.29, 0.717) is 12.1 Å². The van der Waals surface area contributed by atoms with Crippen molar-refractivity contribution in [3.63, 3.8) is 0 Å². The summed E-state index contributed by atoms with van der Waals surface area (Å²) in [6.07, 6.45) is 0. The second-order valence-electron chi connectivity index (χ2n) is 4.46. The van der Waals surface area contributed by atoms with Gasteiger partial charge < -0.3 is 10.1 Å². The fourth-order valence-electron chi connectivity index (χ4n) is 2.00. The number of nitrogens with one attached hydrogen (secondary N) is 1. The van der Waals surface area contributed by atoms with Crippen LogP contribution in [-0.2, 0) is 11.3 Å².